The summed E-state index contributed by atoms with van der Waals surface area (Å²) in [4.78, 5) is 29.4. The van der Waals surface area contributed by atoms with Crippen LogP contribution in [0.5, 0.6) is 0 Å². The second-order valence-corrected chi connectivity index (χ2v) is 9.32. The SMILES string of the molecule is CC(CO)Nc1nc2oc(-c3ccc(C4(NC(=O)O)CCC4)cc3)c(-c3ccccc3)c2c(=O)n1C. The van der Waals surface area contributed by atoms with Crippen molar-refractivity contribution in [2.75, 3.05) is 11.9 Å². The average Bonchev–Trinajstić information content (AvgIpc) is 3.24. The van der Waals surface area contributed by atoms with Crippen molar-refractivity contribution in [2.24, 2.45) is 7.05 Å². The van der Waals surface area contributed by atoms with Gasteiger partial charge in [0.2, 0.25) is 11.7 Å². The first-order chi connectivity index (χ1) is 17.3. The van der Waals surface area contributed by atoms with Gasteiger partial charge in [0.25, 0.3) is 5.56 Å². The molecule has 0 saturated heterocycles. The molecule has 2 aromatic heterocycles. The third kappa shape index (κ3) is 4.01. The molecule has 1 aliphatic carbocycles. The lowest BCUT2D eigenvalue weighted by molar-refractivity contribution is 0.144. The lowest BCUT2D eigenvalue weighted by atomic mass is 9.72. The molecule has 0 radical (unpaired) electrons. The Balaban J connectivity index is 1.67. The summed E-state index contributed by atoms with van der Waals surface area (Å²) in [5.74, 6) is 0.810. The number of hydrogen-bond donors (Lipinski definition) is 4. The van der Waals surface area contributed by atoms with Crippen molar-refractivity contribution in [3.8, 4) is 22.5 Å². The average molecular weight is 489 g/mol. The van der Waals surface area contributed by atoms with Crippen LogP contribution in [-0.4, -0.2) is 38.5 Å². The summed E-state index contributed by atoms with van der Waals surface area (Å²) in [6, 6.07) is 16.8. The lowest BCUT2D eigenvalue weighted by Crippen LogP contribution is -2.50. The molecule has 0 spiro atoms. The van der Waals surface area contributed by atoms with Gasteiger partial charge in [0.05, 0.1) is 12.1 Å². The number of aliphatic hydroxyl groups excluding tert-OH is 1. The molecule has 9 heteroatoms. The molecule has 1 saturated carbocycles. The molecule has 4 N–H and O–H groups in total. The maximum absolute atomic E-state index is 13.5. The number of carboxylic acid groups (broad SMARTS) is 1. The number of amides is 1. The summed E-state index contributed by atoms with van der Waals surface area (Å²) in [6.07, 6.45) is 1.43. The van der Waals surface area contributed by atoms with Gasteiger partial charge in [-0.3, -0.25) is 9.36 Å². The molecule has 0 aliphatic heterocycles. The first-order valence-electron chi connectivity index (χ1n) is 11.9. The molecule has 2 heterocycles. The molecule has 1 unspecified atom stereocenters. The van der Waals surface area contributed by atoms with E-state index in [4.69, 9.17) is 4.42 Å². The Hall–Kier alpha value is -4.11. The topological polar surface area (TPSA) is 130 Å². The van der Waals surface area contributed by atoms with Gasteiger partial charge >= 0.3 is 6.09 Å². The predicted molar refractivity (Wildman–Crippen MR) is 137 cm³/mol. The van der Waals surface area contributed by atoms with E-state index >= 15 is 0 Å². The number of hydrogen-bond acceptors (Lipinski definition) is 6. The van der Waals surface area contributed by atoms with Crippen LogP contribution in [0, 0.1) is 0 Å². The number of rotatable bonds is 7. The number of carbonyl (C=O) groups is 1. The minimum Gasteiger partial charge on any atom is -0.465 e. The monoisotopic (exact) mass is 488 g/mol. The first kappa shape index (κ1) is 23.6. The van der Waals surface area contributed by atoms with E-state index < -0.39 is 11.6 Å². The second kappa shape index (κ2) is 9.16. The molecule has 5 rings (SSSR count). The number of aromatic nitrogens is 2. The maximum Gasteiger partial charge on any atom is 0.405 e. The van der Waals surface area contributed by atoms with Crippen molar-refractivity contribution < 1.29 is 19.4 Å². The van der Waals surface area contributed by atoms with Crippen molar-refractivity contribution in [1.82, 2.24) is 14.9 Å². The number of furan rings is 1. The molecule has 2 aromatic carbocycles. The van der Waals surface area contributed by atoms with Crippen LogP contribution in [0.25, 0.3) is 33.6 Å². The predicted octanol–water partition coefficient (Wildman–Crippen LogP) is 4.30. The number of aliphatic hydroxyl groups is 1. The Kier molecular flexibility index (Phi) is 6.01. The minimum absolute atomic E-state index is 0.114. The quantitative estimate of drug-likeness (QED) is 0.305. The fraction of sp³-hybridized carbons (Fsp3) is 0.296. The van der Waals surface area contributed by atoms with Crippen molar-refractivity contribution in [3.05, 3.63) is 70.5 Å². The van der Waals surface area contributed by atoms with E-state index in [1.54, 1.807) is 14.0 Å². The zero-order chi connectivity index (χ0) is 25.4. The van der Waals surface area contributed by atoms with Gasteiger partial charge in [0.15, 0.2) is 0 Å². The van der Waals surface area contributed by atoms with Crippen LogP contribution in [0.1, 0.15) is 31.7 Å². The van der Waals surface area contributed by atoms with E-state index in [0.29, 0.717) is 22.7 Å². The van der Waals surface area contributed by atoms with Crippen LogP contribution in [-0.2, 0) is 12.6 Å². The smallest absolute Gasteiger partial charge is 0.405 e. The summed E-state index contributed by atoms with van der Waals surface area (Å²) in [5, 5.41) is 24.8. The molecule has 1 amide bonds. The van der Waals surface area contributed by atoms with Gasteiger partial charge in [-0.25, -0.2) is 4.79 Å². The Morgan fingerprint density at radius 3 is 2.42 bits per heavy atom. The van der Waals surface area contributed by atoms with Gasteiger partial charge in [-0.2, -0.15) is 4.98 Å². The molecule has 1 fully saturated rings. The largest absolute Gasteiger partial charge is 0.465 e. The summed E-state index contributed by atoms with van der Waals surface area (Å²) in [7, 11) is 1.63. The molecule has 4 aromatic rings. The van der Waals surface area contributed by atoms with Crippen molar-refractivity contribution in [3.63, 3.8) is 0 Å². The molecule has 9 nitrogen and oxygen atoms in total. The molecule has 186 valence electrons. The van der Waals surface area contributed by atoms with Crippen LogP contribution in [0.15, 0.2) is 63.8 Å². The molecular formula is C27H28N4O5. The lowest BCUT2D eigenvalue weighted by Gasteiger charge is -2.42. The van der Waals surface area contributed by atoms with E-state index in [1.165, 1.54) is 4.57 Å². The van der Waals surface area contributed by atoms with Gasteiger partial charge in [0, 0.05) is 24.2 Å². The van der Waals surface area contributed by atoms with Crippen molar-refractivity contribution >= 4 is 23.1 Å². The Bertz CT molecular complexity index is 1470. The van der Waals surface area contributed by atoms with E-state index in [2.05, 4.69) is 15.6 Å². The maximum atomic E-state index is 13.5. The third-order valence-corrected chi connectivity index (χ3v) is 6.90. The van der Waals surface area contributed by atoms with Gasteiger partial charge < -0.3 is 25.3 Å². The standard InChI is InChI=1S/C27H28N4O5/c1-16(15-32)28-25-29-23-21(24(33)31(25)2)20(17-7-4-3-5-8-17)22(36-23)18-9-11-19(12-10-18)27(13-6-14-27)30-26(34)35/h3-5,7-12,16,30,32H,6,13-15H2,1-2H3,(H,28,29)(H,34,35). The molecule has 1 aliphatic rings. The van der Waals surface area contributed by atoms with Crippen molar-refractivity contribution in [2.45, 2.75) is 37.8 Å². The van der Waals surface area contributed by atoms with E-state index in [0.717, 1.165) is 36.0 Å². The van der Waals surface area contributed by atoms with Crippen LogP contribution >= 0.6 is 0 Å². The third-order valence-electron chi connectivity index (χ3n) is 6.90. The zero-order valence-corrected chi connectivity index (χ0v) is 20.1. The molecule has 0 bridgehead atoms. The highest BCUT2D eigenvalue weighted by Gasteiger charge is 2.40. The highest BCUT2D eigenvalue weighted by molar-refractivity contribution is 6.00. The van der Waals surface area contributed by atoms with Gasteiger partial charge in [-0.05, 0) is 37.3 Å². The Labute approximate surface area is 207 Å². The Morgan fingerprint density at radius 1 is 1.14 bits per heavy atom. The summed E-state index contributed by atoms with van der Waals surface area (Å²) in [6.45, 7) is 1.67. The highest BCUT2D eigenvalue weighted by Crippen LogP contribution is 2.43. The van der Waals surface area contributed by atoms with Gasteiger partial charge in [0.1, 0.15) is 11.1 Å². The number of fused-ring (bicyclic) bond motifs is 1. The summed E-state index contributed by atoms with van der Waals surface area (Å²) < 4.78 is 7.64. The number of anilines is 1. The normalized spacial score (nSPS) is 15.3. The summed E-state index contributed by atoms with van der Waals surface area (Å²) in [5.41, 5.74) is 2.49. The van der Waals surface area contributed by atoms with Crippen LogP contribution in [0.4, 0.5) is 10.7 Å². The molecular weight excluding hydrogens is 460 g/mol. The number of benzene rings is 2. The molecule has 36 heavy (non-hydrogen) atoms. The minimum atomic E-state index is -1.04. The fourth-order valence-electron chi connectivity index (χ4n) is 4.77. The van der Waals surface area contributed by atoms with Crippen LogP contribution < -0.4 is 16.2 Å². The first-order valence-corrected chi connectivity index (χ1v) is 11.9. The second-order valence-electron chi connectivity index (χ2n) is 9.32. The van der Waals surface area contributed by atoms with E-state index in [1.807, 2.05) is 54.6 Å². The van der Waals surface area contributed by atoms with Crippen LogP contribution in [0.2, 0.25) is 0 Å². The fourth-order valence-corrected chi connectivity index (χ4v) is 4.77. The molecule has 1 atom stereocenters. The van der Waals surface area contributed by atoms with Gasteiger partial charge in [-0.15, -0.1) is 0 Å². The van der Waals surface area contributed by atoms with Crippen LogP contribution in [0.3, 0.4) is 0 Å². The number of nitrogens with one attached hydrogen (secondary N) is 2. The van der Waals surface area contributed by atoms with E-state index in [-0.39, 0.29) is 23.9 Å². The highest BCUT2D eigenvalue weighted by atomic mass is 16.4. The summed E-state index contributed by atoms with van der Waals surface area (Å²) >= 11 is 0. The van der Waals surface area contributed by atoms with Gasteiger partial charge in [-0.1, -0.05) is 54.6 Å². The van der Waals surface area contributed by atoms with E-state index in [9.17, 15) is 19.8 Å². The van der Waals surface area contributed by atoms with Crippen molar-refractivity contribution in [1.29, 1.82) is 0 Å². The zero-order valence-electron chi connectivity index (χ0n) is 20.1. The Morgan fingerprint density at radius 2 is 1.83 bits per heavy atom. The number of nitrogens with zero attached hydrogens (tertiary/aromatic N) is 2.